The first-order valence-corrected chi connectivity index (χ1v) is 6.80. The Labute approximate surface area is 131 Å². The van der Waals surface area contributed by atoms with Crippen LogP contribution in [-0.4, -0.2) is 16.3 Å². The largest absolute Gasteiger partial charge is 0.573 e. The van der Waals surface area contributed by atoms with Crippen molar-refractivity contribution in [3.8, 4) is 17.4 Å². The highest BCUT2D eigenvalue weighted by molar-refractivity contribution is 9.10. The lowest BCUT2D eigenvalue weighted by Crippen LogP contribution is -2.17. The lowest BCUT2D eigenvalue weighted by Gasteiger charge is -2.11. The summed E-state index contributed by atoms with van der Waals surface area (Å²) in [6, 6.07) is 3.79. The standard InChI is InChI=1S/C12H7BrClF3N2O2/c13-9-3-8(1-2-10(9)21-12(15,16)17)20-11-6-18-7(4-14)5-19-11/h1-3,5-6H,4H2. The fourth-order valence-electron chi connectivity index (χ4n) is 1.34. The Balaban J connectivity index is 2.12. The van der Waals surface area contributed by atoms with Crippen molar-refractivity contribution in [2.45, 2.75) is 12.2 Å². The van der Waals surface area contributed by atoms with Crippen LogP contribution in [0.2, 0.25) is 0 Å². The number of ether oxygens (including phenoxy) is 2. The fraction of sp³-hybridized carbons (Fsp3) is 0.167. The molecule has 0 unspecified atom stereocenters. The molecule has 0 spiro atoms. The second-order valence-corrected chi connectivity index (χ2v) is 4.84. The molecule has 1 aromatic carbocycles. The molecule has 2 aromatic rings. The highest BCUT2D eigenvalue weighted by Gasteiger charge is 2.32. The molecule has 1 aromatic heterocycles. The average molecular weight is 384 g/mol. The Bertz CT molecular complexity index is 623. The van der Waals surface area contributed by atoms with Gasteiger partial charge in [-0.05, 0) is 34.1 Å². The fourth-order valence-corrected chi connectivity index (χ4v) is 1.91. The van der Waals surface area contributed by atoms with Crippen LogP contribution in [0.4, 0.5) is 13.2 Å². The van der Waals surface area contributed by atoms with Crippen LogP contribution in [-0.2, 0) is 5.88 Å². The van der Waals surface area contributed by atoms with Gasteiger partial charge in [-0.1, -0.05) is 0 Å². The molecule has 4 nitrogen and oxygen atoms in total. The van der Waals surface area contributed by atoms with E-state index in [1.54, 1.807) is 0 Å². The maximum Gasteiger partial charge on any atom is 0.573 e. The summed E-state index contributed by atoms with van der Waals surface area (Å²) < 4.78 is 45.7. The lowest BCUT2D eigenvalue weighted by atomic mass is 10.3. The summed E-state index contributed by atoms with van der Waals surface area (Å²) in [5, 5.41) is 0. The van der Waals surface area contributed by atoms with Crippen LogP contribution in [0.25, 0.3) is 0 Å². The zero-order chi connectivity index (χ0) is 15.5. The third kappa shape index (κ3) is 4.75. The molecule has 0 aliphatic carbocycles. The third-order valence-electron chi connectivity index (χ3n) is 2.17. The second-order valence-electron chi connectivity index (χ2n) is 3.72. The van der Waals surface area contributed by atoms with E-state index in [2.05, 4.69) is 30.6 Å². The van der Waals surface area contributed by atoms with Crippen molar-refractivity contribution in [2.24, 2.45) is 0 Å². The first-order chi connectivity index (χ1) is 9.87. The van der Waals surface area contributed by atoms with Gasteiger partial charge in [-0.25, -0.2) is 4.98 Å². The monoisotopic (exact) mass is 382 g/mol. The number of rotatable bonds is 4. The maximum atomic E-state index is 12.1. The number of hydrogen-bond donors (Lipinski definition) is 0. The minimum Gasteiger partial charge on any atom is -0.437 e. The van der Waals surface area contributed by atoms with E-state index in [9.17, 15) is 13.2 Å². The minimum atomic E-state index is -4.76. The van der Waals surface area contributed by atoms with Crippen molar-refractivity contribution >= 4 is 27.5 Å². The molecule has 0 radical (unpaired) electrons. The molecule has 9 heteroatoms. The van der Waals surface area contributed by atoms with E-state index in [0.717, 1.165) is 6.07 Å². The van der Waals surface area contributed by atoms with Gasteiger partial charge in [-0.3, -0.25) is 4.98 Å². The van der Waals surface area contributed by atoms with Crippen LogP contribution >= 0.6 is 27.5 Å². The Morgan fingerprint density at radius 2 is 1.95 bits per heavy atom. The van der Waals surface area contributed by atoms with E-state index < -0.39 is 6.36 Å². The SMILES string of the molecule is FC(F)(F)Oc1ccc(Oc2cnc(CCl)cn2)cc1Br. The summed E-state index contributed by atoms with van der Waals surface area (Å²) in [7, 11) is 0. The predicted octanol–water partition coefficient (Wildman–Crippen LogP) is 4.67. The molecule has 112 valence electrons. The molecular formula is C12H7BrClF3N2O2. The minimum absolute atomic E-state index is 0.0997. The smallest absolute Gasteiger partial charge is 0.437 e. The number of aromatic nitrogens is 2. The Morgan fingerprint density at radius 3 is 2.48 bits per heavy atom. The van der Waals surface area contributed by atoms with Crippen molar-refractivity contribution < 1.29 is 22.6 Å². The highest BCUT2D eigenvalue weighted by atomic mass is 79.9. The number of alkyl halides is 4. The number of hydrogen-bond acceptors (Lipinski definition) is 4. The Morgan fingerprint density at radius 1 is 1.19 bits per heavy atom. The van der Waals surface area contributed by atoms with E-state index in [4.69, 9.17) is 16.3 Å². The molecule has 0 bridgehead atoms. The first kappa shape index (κ1) is 15.8. The molecule has 2 rings (SSSR count). The van der Waals surface area contributed by atoms with Gasteiger partial charge in [-0.2, -0.15) is 0 Å². The van der Waals surface area contributed by atoms with E-state index in [1.807, 2.05) is 0 Å². The molecular weight excluding hydrogens is 376 g/mol. The summed E-state index contributed by atoms with van der Waals surface area (Å²) in [5.74, 6) is 0.338. The van der Waals surface area contributed by atoms with E-state index in [0.29, 0.717) is 5.69 Å². The van der Waals surface area contributed by atoms with E-state index in [-0.39, 0.29) is 27.7 Å². The van der Waals surface area contributed by atoms with E-state index in [1.165, 1.54) is 24.5 Å². The van der Waals surface area contributed by atoms with Crippen molar-refractivity contribution in [3.05, 3.63) is 40.8 Å². The van der Waals surface area contributed by atoms with Crippen molar-refractivity contribution in [1.82, 2.24) is 9.97 Å². The summed E-state index contributed by atoms with van der Waals surface area (Å²) in [5.41, 5.74) is 0.583. The molecule has 0 amide bonds. The van der Waals surface area contributed by atoms with Gasteiger partial charge in [0.05, 0.1) is 28.4 Å². The zero-order valence-electron chi connectivity index (χ0n) is 10.2. The third-order valence-corrected chi connectivity index (χ3v) is 3.06. The van der Waals surface area contributed by atoms with Gasteiger partial charge in [0.2, 0.25) is 5.88 Å². The van der Waals surface area contributed by atoms with Crippen LogP contribution in [0, 0.1) is 0 Å². The highest BCUT2D eigenvalue weighted by Crippen LogP contribution is 2.34. The molecule has 0 fully saturated rings. The Kier molecular flexibility index (Phi) is 4.89. The number of nitrogens with zero attached hydrogens (tertiary/aromatic N) is 2. The lowest BCUT2D eigenvalue weighted by molar-refractivity contribution is -0.274. The topological polar surface area (TPSA) is 44.2 Å². The van der Waals surface area contributed by atoms with Crippen molar-refractivity contribution in [1.29, 1.82) is 0 Å². The van der Waals surface area contributed by atoms with Gasteiger partial charge in [0.25, 0.3) is 0 Å². The number of halogens is 5. The van der Waals surface area contributed by atoms with Crippen LogP contribution < -0.4 is 9.47 Å². The molecule has 0 atom stereocenters. The van der Waals surface area contributed by atoms with Crippen LogP contribution in [0.3, 0.4) is 0 Å². The predicted molar refractivity (Wildman–Crippen MR) is 72.5 cm³/mol. The summed E-state index contributed by atoms with van der Waals surface area (Å²) >= 11 is 8.55. The first-order valence-electron chi connectivity index (χ1n) is 5.47. The molecule has 0 aliphatic rings. The maximum absolute atomic E-state index is 12.1. The van der Waals surface area contributed by atoms with Crippen molar-refractivity contribution in [3.63, 3.8) is 0 Å². The summed E-state index contributed by atoms with van der Waals surface area (Å²) in [6.45, 7) is 0. The van der Waals surface area contributed by atoms with Gasteiger partial charge in [-0.15, -0.1) is 24.8 Å². The van der Waals surface area contributed by atoms with Gasteiger partial charge < -0.3 is 9.47 Å². The van der Waals surface area contributed by atoms with Crippen LogP contribution in [0.5, 0.6) is 17.4 Å². The molecule has 0 saturated carbocycles. The van der Waals surface area contributed by atoms with Gasteiger partial charge in [0.15, 0.2) is 0 Å². The Hall–Kier alpha value is -1.54. The van der Waals surface area contributed by atoms with Gasteiger partial charge >= 0.3 is 6.36 Å². The number of benzene rings is 1. The van der Waals surface area contributed by atoms with Crippen molar-refractivity contribution in [2.75, 3.05) is 0 Å². The zero-order valence-corrected chi connectivity index (χ0v) is 12.5. The molecule has 0 saturated heterocycles. The summed E-state index contributed by atoms with van der Waals surface area (Å²) in [4.78, 5) is 7.94. The van der Waals surface area contributed by atoms with Gasteiger partial charge in [0, 0.05) is 0 Å². The molecule has 21 heavy (non-hydrogen) atoms. The van der Waals surface area contributed by atoms with E-state index >= 15 is 0 Å². The van der Waals surface area contributed by atoms with Crippen LogP contribution in [0.15, 0.2) is 35.1 Å². The second kappa shape index (κ2) is 6.48. The van der Waals surface area contributed by atoms with Crippen LogP contribution in [0.1, 0.15) is 5.69 Å². The molecule has 0 aliphatic heterocycles. The normalized spacial score (nSPS) is 11.3. The molecule has 0 N–H and O–H groups in total. The van der Waals surface area contributed by atoms with Gasteiger partial charge in [0.1, 0.15) is 11.5 Å². The summed E-state index contributed by atoms with van der Waals surface area (Å²) in [6.07, 6.45) is -1.95. The quantitative estimate of drug-likeness (QED) is 0.720. The molecule has 1 heterocycles. The average Bonchev–Trinajstić information content (AvgIpc) is 2.41.